The molecule has 1 unspecified atom stereocenters. The highest BCUT2D eigenvalue weighted by Crippen LogP contribution is 2.18. The van der Waals surface area contributed by atoms with Crippen molar-refractivity contribution in [2.45, 2.75) is 71.7 Å². The monoisotopic (exact) mass is 270 g/mol. The third kappa shape index (κ3) is 9.34. The molecule has 0 fully saturated rings. The Balaban J connectivity index is 4.11. The first-order chi connectivity index (χ1) is 8.26. The predicted molar refractivity (Wildman–Crippen MR) is 76.9 cm³/mol. The zero-order valence-corrected chi connectivity index (χ0v) is 13.3. The Labute approximate surface area is 112 Å². The first kappa shape index (κ1) is 17.3. The third-order valence-corrected chi connectivity index (χ3v) is 3.63. The quantitative estimate of drug-likeness (QED) is 0.366. The summed E-state index contributed by atoms with van der Waals surface area (Å²) < 4.78 is 5.99. The van der Waals surface area contributed by atoms with Crippen molar-refractivity contribution in [2.24, 2.45) is 0 Å². The Hall–Kier alpha value is -0.703. The van der Waals surface area contributed by atoms with Crippen molar-refractivity contribution in [3.63, 3.8) is 0 Å². The fourth-order valence-electron chi connectivity index (χ4n) is 1.74. The fourth-order valence-corrected chi connectivity index (χ4v) is 2.88. The minimum atomic E-state index is -1.64. The van der Waals surface area contributed by atoms with Gasteiger partial charge in [-0.05, 0) is 46.3 Å². The van der Waals surface area contributed by atoms with Crippen LogP contribution in [0.4, 0.5) is 0 Å². The number of unbranched alkanes of at least 4 members (excludes halogenated alkanes) is 2. The number of hydrogen-bond donors (Lipinski definition) is 0. The molecule has 0 heterocycles. The molecule has 0 bridgehead atoms. The maximum Gasteiger partial charge on any atom is 0.184 e. The molecule has 0 amide bonds. The number of Topliss-reactive ketones (excluding diaryl/α,β-unsaturated/α-hetero) is 1. The number of carbonyl (C=O) groups excluding carboxylic acids is 2. The highest BCUT2D eigenvalue weighted by molar-refractivity contribution is 6.69. The van der Waals surface area contributed by atoms with Crippen LogP contribution in [0.3, 0.4) is 0 Å². The smallest absolute Gasteiger partial charge is 0.184 e. The molecule has 0 spiro atoms. The second-order valence-electron chi connectivity index (χ2n) is 5.81. The Morgan fingerprint density at radius 3 is 2.22 bits per heavy atom. The SMILES string of the molecule is CC(=O)CCCCCC(O[Si](C)(C)C)C(C)=C=O. The van der Waals surface area contributed by atoms with Gasteiger partial charge in [-0.1, -0.05) is 12.8 Å². The van der Waals surface area contributed by atoms with Crippen molar-refractivity contribution in [3.8, 4) is 0 Å². The van der Waals surface area contributed by atoms with E-state index in [1.807, 2.05) is 5.94 Å². The summed E-state index contributed by atoms with van der Waals surface area (Å²) in [5.74, 6) is 2.20. The Morgan fingerprint density at radius 1 is 1.17 bits per heavy atom. The van der Waals surface area contributed by atoms with E-state index in [-0.39, 0.29) is 11.9 Å². The maximum absolute atomic E-state index is 10.8. The van der Waals surface area contributed by atoms with Gasteiger partial charge in [-0.3, -0.25) is 0 Å². The molecule has 18 heavy (non-hydrogen) atoms. The summed E-state index contributed by atoms with van der Waals surface area (Å²) in [5, 5.41) is 0. The van der Waals surface area contributed by atoms with Gasteiger partial charge >= 0.3 is 0 Å². The van der Waals surface area contributed by atoms with Gasteiger partial charge in [0.15, 0.2) is 8.32 Å². The van der Waals surface area contributed by atoms with Crippen LogP contribution in [-0.2, 0) is 14.0 Å². The fraction of sp³-hybridized carbons (Fsp3) is 0.786. The molecule has 0 aromatic carbocycles. The lowest BCUT2D eigenvalue weighted by atomic mass is 10.0. The summed E-state index contributed by atoms with van der Waals surface area (Å²) in [7, 11) is -1.64. The zero-order chi connectivity index (χ0) is 14.2. The number of hydrogen-bond acceptors (Lipinski definition) is 3. The van der Waals surface area contributed by atoms with Crippen LogP contribution in [0.25, 0.3) is 0 Å². The summed E-state index contributed by atoms with van der Waals surface area (Å²) in [6, 6.07) is 0. The molecule has 0 rings (SSSR count). The van der Waals surface area contributed by atoms with E-state index in [1.54, 1.807) is 13.8 Å². The highest BCUT2D eigenvalue weighted by atomic mass is 28.4. The van der Waals surface area contributed by atoms with Gasteiger partial charge in [0.25, 0.3) is 0 Å². The standard InChI is InChI=1S/C14H26O3Si/c1-12(11-15)14(17-18(3,4)5)10-8-6-7-9-13(2)16/h14H,6-10H2,1-5H3. The molecule has 0 saturated carbocycles. The van der Waals surface area contributed by atoms with Gasteiger partial charge in [-0.15, -0.1) is 0 Å². The van der Waals surface area contributed by atoms with Crippen LogP contribution in [0.15, 0.2) is 5.57 Å². The van der Waals surface area contributed by atoms with Crippen molar-refractivity contribution >= 4 is 20.0 Å². The van der Waals surface area contributed by atoms with Crippen LogP contribution in [0.2, 0.25) is 19.6 Å². The Morgan fingerprint density at radius 2 is 1.78 bits per heavy atom. The van der Waals surface area contributed by atoms with E-state index in [0.717, 1.165) is 25.7 Å². The molecule has 0 aliphatic carbocycles. The Kier molecular flexibility index (Phi) is 8.08. The van der Waals surface area contributed by atoms with Crippen molar-refractivity contribution in [1.29, 1.82) is 0 Å². The van der Waals surface area contributed by atoms with E-state index in [0.29, 0.717) is 12.0 Å². The van der Waals surface area contributed by atoms with Crippen molar-refractivity contribution in [1.82, 2.24) is 0 Å². The van der Waals surface area contributed by atoms with Crippen molar-refractivity contribution < 1.29 is 14.0 Å². The molecule has 1 atom stereocenters. The van der Waals surface area contributed by atoms with Crippen LogP contribution in [0, 0.1) is 0 Å². The summed E-state index contributed by atoms with van der Waals surface area (Å²) in [6.45, 7) is 9.76. The van der Waals surface area contributed by atoms with E-state index in [1.165, 1.54) is 0 Å². The second kappa shape index (κ2) is 8.41. The molecule has 0 radical (unpaired) electrons. The molecule has 104 valence electrons. The van der Waals surface area contributed by atoms with E-state index < -0.39 is 8.32 Å². The summed E-state index contributed by atoms with van der Waals surface area (Å²) in [6.07, 6.45) is 4.34. The molecule has 0 aromatic heterocycles. The van der Waals surface area contributed by atoms with Gasteiger partial charge in [0, 0.05) is 12.0 Å². The van der Waals surface area contributed by atoms with Crippen LogP contribution in [0.5, 0.6) is 0 Å². The summed E-state index contributed by atoms with van der Waals surface area (Å²) in [5.41, 5.74) is 0.656. The molecule has 0 aliphatic rings. The topological polar surface area (TPSA) is 43.4 Å². The van der Waals surface area contributed by atoms with Gasteiger partial charge in [0.05, 0.1) is 6.10 Å². The molecule has 3 nitrogen and oxygen atoms in total. The van der Waals surface area contributed by atoms with Crippen LogP contribution in [-0.4, -0.2) is 26.1 Å². The molecule has 0 aliphatic heterocycles. The lowest BCUT2D eigenvalue weighted by Gasteiger charge is -2.25. The van der Waals surface area contributed by atoms with E-state index in [4.69, 9.17) is 4.43 Å². The molecule has 0 aromatic rings. The largest absolute Gasteiger partial charge is 0.410 e. The van der Waals surface area contributed by atoms with Gasteiger partial charge in [0.1, 0.15) is 11.7 Å². The number of carbonyl (C=O) groups is 1. The normalized spacial score (nSPS) is 12.9. The van der Waals surface area contributed by atoms with E-state index in [2.05, 4.69) is 19.6 Å². The third-order valence-electron chi connectivity index (χ3n) is 2.63. The van der Waals surface area contributed by atoms with E-state index >= 15 is 0 Å². The van der Waals surface area contributed by atoms with Crippen molar-refractivity contribution in [2.75, 3.05) is 0 Å². The van der Waals surface area contributed by atoms with Crippen LogP contribution >= 0.6 is 0 Å². The number of rotatable bonds is 9. The van der Waals surface area contributed by atoms with Gasteiger partial charge < -0.3 is 9.22 Å². The first-order valence-electron chi connectivity index (χ1n) is 6.65. The highest BCUT2D eigenvalue weighted by Gasteiger charge is 2.22. The van der Waals surface area contributed by atoms with Gasteiger partial charge in [-0.25, -0.2) is 4.79 Å². The lowest BCUT2D eigenvalue weighted by molar-refractivity contribution is -0.117. The predicted octanol–water partition coefficient (Wildman–Crippen LogP) is 3.52. The van der Waals surface area contributed by atoms with Gasteiger partial charge in [0.2, 0.25) is 0 Å². The van der Waals surface area contributed by atoms with Crippen LogP contribution < -0.4 is 0 Å². The molecular formula is C14H26O3Si. The van der Waals surface area contributed by atoms with Crippen LogP contribution in [0.1, 0.15) is 46.0 Å². The van der Waals surface area contributed by atoms with Gasteiger partial charge in [-0.2, -0.15) is 0 Å². The van der Waals surface area contributed by atoms with E-state index in [9.17, 15) is 9.59 Å². The lowest BCUT2D eigenvalue weighted by Crippen LogP contribution is -2.32. The average Bonchev–Trinajstić information content (AvgIpc) is 2.24. The minimum absolute atomic E-state index is 0.0912. The summed E-state index contributed by atoms with van der Waals surface area (Å²) >= 11 is 0. The first-order valence-corrected chi connectivity index (χ1v) is 10.1. The average molecular weight is 270 g/mol. The summed E-state index contributed by atoms with van der Waals surface area (Å²) in [4.78, 5) is 21.5. The zero-order valence-electron chi connectivity index (χ0n) is 12.3. The molecule has 0 saturated heterocycles. The Bertz CT molecular complexity index is 311. The minimum Gasteiger partial charge on any atom is -0.410 e. The molecule has 0 N–H and O–H groups in total. The number of ketones is 1. The maximum atomic E-state index is 10.8. The molecular weight excluding hydrogens is 244 g/mol. The van der Waals surface area contributed by atoms with Crippen molar-refractivity contribution in [3.05, 3.63) is 5.57 Å². The molecule has 4 heteroatoms. The second-order valence-corrected chi connectivity index (χ2v) is 10.3.